The molecule has 0 aliphatic heterocycles. The van der Waals surface area contributed by atoms with Crippen LogP contribution in [-0.4, -0.2) is 15.0 Å². The lowest BCUT2D eigenvalue weighted by molar-refractivity contribution is 0.780. The molecule has 18 heavy (non-hydrogen) atoms. The van der Waals surface area contributed by atoms with E-state index in [0.29, 0.717) is 11.1 Å². The van der Waals surface area contributed by atoms with E-state index in [-0.39, 0.29) is 0 Å². The molecular weight excluding hydrogens is 242 g/mol. The lowest BCUT2D eigenvalue weighted by atomic mass is 10.1. The molecule has 0 unspecified atom stereocenters. The third kappa shape index (κ3) is 2.53. The number of nitrogens with two attached hydrogens (primary N) is 1. The zero-order valence-corrected chi connectivity index (χ0v) is 12.1. The first-order valence-corrected chi connectivity index (χ1v) is 6.93. The van der Waals surface area contributed by atoms with E-state index in [2.05, 4.69) is 43.2 Å². The Labute approximate surface area is 112 Å². The average Bonchev–Trinajstić information content (AvgIpc) is 2.54. The Balaban J connectivity index is 2.34. The maximum Gasteiger partial charge on any atom is 0.148 e. The van der Waals surface area contributed by atoms with Crippen molar-refractivity contribution in [3.63, 3.8) is 0 Å². The molecule has 0 radical (unpaired) electrons. The van der Waals surface area contributed by atoms with Crippen LogP contribution in [0.4, 0.5) is 5.82 Å². The van der Waals surface area contributed by atoms with Crippen LogP contribution in [0.5, 0.6) is 0 Å². The van der Waals surface area contributed by atoms with Crippen molar-refractivity contribution in [3.05, 3.63) is 29.8 Å². The van der Waals surface area contributed by atoms with E-state index in [9.17, 15) is 0 Å². The third-order valence-electron chi connectivity index (χ3n) is 2.82. The molecule has 0 fully saturated rings. The van der Waals surface area contributed by atoms with Crippen molar-refractivity contribution >= 4 is 17.6 Å². The van der Waals surface area contributed by atoms with Crippen LogP contribution >= 0.6 is 11.8 Å². The number of nitrogens with zero attached hydrogens (tertiary/aromatic N) is 2. The summed E-state index contributed by atoms with van der Waals surface area (Å²) >= 11 is 1.87. The van der Waals surface area contributed by atoms with Crippen LogP contribution in [0.1, 0.15) is 19.4 Å². The van der Waals surface area contributed by atoms with Crippen LogP contribution in [-0.2, 0) is 7.05 Å². The van der Waals surface area contributed by atoms with Gasteiger partial charge >= 0.3 is 0 Å². The number of anilines is 1. The highest BCUT2D eigenvalue weighted by molar-refractivity contribution is 7.99. The predicted octanol–water partition coefficient (Wildman–Crippen LogP) is 3.48. The van der Waals surface area contributed by atoms with Gasteiger partial charge in [0.1, 0.15) is 5.82 Å². The smallest absolute Gasteiger partial charge is 0.148 e. The number of aryl methyl sites for hydroxylation is 1. The maximum absolute atomic E-state index is 5.84. The second-order valence-electron chi connectivity index (χ2n) is 4.67. The molecule has 2 N–H and O–H groups in total. The molecule has 1 aromatic carbocycles. The Bertz CT molecular complexity index is 541. The highest BCUT2D eigenvalue weighted by Crippen LogP contribution is 2.29. The molecule has 96 valence electrons. The van der Waals surface area contributed by atoms with Crippen molar-refractivity contribution < 1.29 is 0 Å². The van der Waals surface area contributed by atoms with Gasteiger partial charge < -0.3 is 5.73 Å². The van der Waals surface area contributed by atoms with Crippen molar-refractivity contribution in [2.45, 2.75) is 30.9 Å². The van der Waals surface area contributed by atoms with Crippen LogP contribution in [0.15, 0.2) is 29.2 Å². The number of nitrogen functional groups attached to an aromatic ring is 1. The van der Waals surface area contributed by atoms with Crippen molar-refractivity contribution in [2.24, 2.45) is 7.05 Å². The van der Waals surface area contributed by atoms with Crippen molar-refractivity contribution in [1.29, 1.82) is 0 Å². The molecule has 0 aliphatic rings. The lowest BCUT2D eigenvalue weighted by Gasteiger charge is -2.07. The molecule has 0 bridgehead atoms. The van der Waals surface area contributed by atoms with Crippen LogP contribution in [0.2, 0.25) is 0 Å². The first-order valence-electron chi connectivity index (χ1n) is 6.05. The molecule has 1 heterocycles. The van der Waals surface area contributed by atoms with E-state index in [1.807, 2.05) is 30.4 Å². The fourth-order valence-corrected chi connectivity index (χ4v) is 2.86. The average molecular weight is 261 g/mol. The van der Waals surface area contributed by atoms with Gasteiger partial charge in [-0.15, -0.1) is 11.8 Å². The molecule has 0 atom stereocenters. The number of hydrogen-bond acceptors (Lipinski definition) is 3. The summed E-state index contributed by atoms with van der Waals surface area (Å²) in [4.78, 5) is 1.29. The molecule has 0 amide bonds. The fourth-order valence-electron chi connectivity index (χ4n) is 2.02. The summed E-state index contributed by atoms with van der Waals surface area (Å²) in [6, 6.07) is 8.58. The second-order valence-corrected chi connectivity index (χ2v) is 6.32. The van der Waals surface area contributed by atoms with E-state index in [4.69, 9.17) is 5.73 Å². The van der Waals surface area contributed by atoms with Gasteiger partial charge in [-0.25, -0.2) is 0 Å². The third-order valence-corrected chi connectivity index (χ3v) is 3.84. The minimum absolute atomic E-state index is 0.602. The van der Waals surface area contributed by atoms with Gasteiger partial charge in [0.25, 0.3) is 0 Å². The molecule has 0 aliphatic carbocycles. The van der Waals surface area contributed by atoms with Crippen molar-refractivity contribution in [2.75, 3.05) is 5.73 Å². The monoisotopic (exact) mass is 261 g/mol. The van der Waals surface area contributed by atoms with E-state index < -0.39 is 0 Å². The van der Waals surface area contributed by atoms with Gasteiger partial charge in [-0.1, -0.05) is 26.0 Å². The van der Waals surface area contributed by atoms with Gasteiger partial charge in [0.05, 0.1) is 5.69 Å². The summed E-state index contributed by atoms with van der Waals surface area (Å²) < 4.78 is 1.84. The Hall–Kier alpha value is -1.42. The highest BCUT2D eigenvalue weighted by Gasteiger charge is 2.11. The second kappa shape index (κ2) is 5.06. The molecular formula is C14H19N3S. The largest absolute Gasteiger partial charge is 0.382 e. The molecule has 2 aromatic rings. The minimum Gasteiger partial charge on any atom is -0.382 e. The van der Waals surface area contributed by atoms with Crippen LogP contribution in [0, 0.1) is 6.92 Å². The SMILES string of the molecule is Cc1c(N)nn(C)c1-c1ccc(SC(C)C)cc1. The Morgan fingerprint density at radius 2 is 1.83 bits per heavy atom. The molecule has 0 saturated carbocycles. The Kier molecular flexibility index (Phi) is 3.66. The number of hydrogen-bond donors (Lipinski definition) is 1. The first-order chi connectivity index (χ1) is 8.49. The summed E-state index contributed by atoms with van der Waals surface area (Å²) in [7, 11) is 1.93. The van der Waals surface area contributed by atoms with Crippen LogP contribution in [0.3, 0.4) is 0 Å². The normalized spacial score (nSPS) is 11.2. The highest BCUT2D eigenvalue weighted by atomic mass is 32.2. The maximum atomic E-state index is 5.84. The van der Waals surface area contributed by atoms with Gasteiger partial charge in [0, 0.05) is 28.3 Å². The Morgan fingerprint density at radius 1 is 1.22 bits per heavy atom. The summed E-state index contributed by atoms with van der Waals surface area (Å²) in [5.74, 6) is 0.605. The summed E-state index contributed by atoms with van der Waals surface area (Å²) in [6.07, 6.45) is 0. The van der Waals surface area contributed by atoms with E-state index in [1.54, 1.807) is 0 Å². The van der Waals surface area contributed by atoms with E-state index >= 15 is 0 Å². The molecule has 1 aromatic heterocycles. The lowest BCUT2D eigenvalue weighted by Crippen LogP contribution is -1.95. The first kappa shape index (κ1) is 13.0. The van der Waals surface area contributed by atoms with Crippen LogP contribution in [0.25, 0.3) is 11.3 Å². The number of rotatable bonds is 3. The van der Waals surface area contributed by atoms with E-state index in [0.717, 1.165) is 16.8 Å². The van der Waals surface area contributed by atoms with Gasteiger partial charge in [-0.2, -0.15) is 5.10 Å². The molecule has 3 nitrogen and oxygen atoms in total. The Morgan fingerprint density at radius 3 is 2.28 bits per heavy atom. The summed E-state index contributed by atoms with van der Waals surface area (Å²) in [5, 5.41) is 4.85. The van der Waals surface area contributed by atoms with Gasteiger partial charge in [-0.05, 0) is 19.1 Å². The van der Waals surface area contributed by atoms with Gasteiger partial charge in [-0.3, -0.25) is 4.68 Å². The fraction of sp³-hybridized carbons (Fsp3) is 0.357. The molecule has 0 spiro atoms. The number of aromatic nitrogens is 2. The topological polar surface area (TPSA) is 43.8 Å². The quantitative estimate of drug-likeness (QED) is 0.860. The number of benzene rings is 1. The van der Waals surface area contributed by atoms with Gasteiger partial charge in [0.15, 0.2) is 0 Å². The predicted molar refractivity (Wildman–Crippen MR) is 78.8 cm³/mol. The molecule has 2 rings (SSSR count). The summed E-state index contributed by atoms with van der Waals surface area (Å²) in [5.41, 5.74) is 9.13. The minimum atomic E-state index is 0.602. The zero-order chi connectivity index (χ0) is 13.3. The summed E-state index contributed by atoms with van der Waals surface area (Å²) in [6.45, 7) is 6.41. The standard InChI is InChI=1S/C14H19N3S/c1-9(2)18-12-7-5-11(6-8-12)13-10(3)14(15)16-17(13)4/h5-9H,1-4H3,(H2,15,16). The van der Waals surface area contributed by atoms with Crippen molar-refractivity contribution in [3.8, 4) is 11.3 Å². The number of thioether (sulfide) groups is 1. The van der Waals surface area contributed by atoms with Crippen LogP contribution < -0.4 is 5.73 Å². The van der Waals surface area contributed by atoms with Crippen molar-refractivity contribution in [1.82, 2.24) is 9.78 Å². The van der Waals surface area contributed by atoms with Gasteiger partial charge in [0.2, 0.25) is 0 Å². The van der Waals surface area contributed by atoms with E-state index in [1.165, 1.54) is 4.90 Å². The molecule has 0 saturated heterocycles. The molecule has 4 heteroatoms. The zero-order valence-electron chi connectivity index (χ0n) is 11.3.